The van der Waals surface area contributed by atoms with Gasteiger partial charge in [-0.25, -0.2) is 8.42 Å². The maximum absolute atomic E-state index is 12.6. The molecule has 0 atom stereocenters. The molecule has 0 bridgehead atoms. The van der Waals surface area contributed by atoms with E-state index in [4.69, 9.17) is 16.3 Å². The van der Waals surface area contributed by atoms with Crippen LogP contribution in [-0.2, 0) is 15.4 Å². The lowest BCUT2D eigenvalue weighted by atomic mass is 9.87. The monoisotopic (exact) mass is 353 g/mol. The van der Waals surface area contributed by atoms with Crippen molar-refractivity contribution in [3.8, 4) is 5.75 Å². The molecule has 0 saturated carbocycles. The van der Waals surface area contributed by atoms with Crippen molar-refractivity contribution in [2.45, 2.75) is 31.1 Å². The van der Waals surface area contributed by atoms with Crippen molar-refractivity contribution in [3.05, 3.63) is 53.1 Å². The minimum atomic E-state index is -3.75. The Kier molecular flexibility index (Phi) is 4.92. The summed E-state index contributed by atoms with van der Waals surface area (Å²) in [6, 6.07) is 11.6. The van der Waals surface area contributed by atoms with Gasteiger partial charge in [-0.2, -0.15) is 0 Å². The Labute approximate surface area is 142 Å². The van der Waals surface area contributed by atoms with E-state index in [0.29, 0.717) is 16.5 Å². The van der Waals surface area contributed by atoms with Crippen LogP contribution in [0.3, 0.4) is 0 Å². The summed E-state index contributed by atoms with van der Waals surface area (Å²) in [5.41, 5.74) is 1.30. The maximum Gasteiger partial charge on any atom is 0.262 e. The predicted molar refractivity (Wildman–Crippen MR) is 94.0 cm³/mol. The molecule has 0 saturated heterocycles. The molecule has 0 aromatic heterocycles. The zero-order valence-corrected chi connectivity index (χ0v) is 15.1. The van der Waals surface area contributed by atoms with E-state index in [0.717, 1.165) is 5.56 Å². The van der Waals surface area contributed by atoms with E-state index in [-0.39, 0.29) is 10.3 Å². The predicted octanol–water partition coefficient (Wildman–Crippen LogP) is 4.45. The molecule has 6 heteroatoms. The van der Waals surface area contributed by atoms with E-state index in [2.05, 4.69) is 25.5 Å². The second kappa shape index (κ2) is 6.42. The van der Waals surface area contributed by atoms with Crippen LogP contribution in [0.1, 0.15) is 26.3 Å². The van der Waals surface area contributed by atoms with E-state index >= 15 is 0 Å². The van der Waals surface area contributed by atoms with Crippen molar-refractivity contribution in [2.75, 3.05) is 11.8 Å². The van der Waals surface area contributed by atoms with Crippen molar-refractivity contribution in [1.82, 2.24) is 0 Å². The summed E-state index contributed by atoms with van der Waals surface area (Å²) in [6.45, 7) is 6.18. The van der Waals surface area contributed by atoms with Gasteiger partial charge in [-0.05, 0) is 41.3 Å². The van der Waals surface area contributed by atoms with Gasteiger partial charge in [0.25, 0.3) is 10.0 Å². The number of hydrogen-bond donors (Lipinski definition) is 1. The first-order valence-electron chi connectivity index (χ1n) is 7.10. The van der Waals surface area contributed by atoms with Crippen molar-refractivity contribution >= 4 is 27.3 Å². The molecular formula is C17H20ClNO3S. The summed E-state index contributed by atoms with van der Waals surface area (Å²) in [6.07, 6.45) is 0. The van der Waals surface area contributed by atoms with Crippen LogP contribution in [0.5, 0.6) is 5.75 Å². The minimum Gasteiger partial charge on any atom is -0.495 e. The van der Waals surface area contributed by atoms with Gasteiger partial charge in [0, 0.05) is 5.02 Å². The number of sulfonamides is 1. The molecule has 0 fully saturated rings. The normalized spacial score (nSPS) is 12.0. The summed E-state index contributed by atoms with van der Waals surface area (Å²) in [5.74, 6) is 0.462. The molecule has 124 valence electrons. The highest BCUT2D eigenvalue weighted by Gasteiger charge is 2.20. The summed E-state index contributed by atoms with van der Waals surface area (Å²) in [5, 5.41) is 0.364. The average Bonchev–Trinajstić information content (AvgIpc) is 2.46. The number of rotatable bonds is 4. The first-order valence-corrected chi connectivity index (χ1v) is 8.96. The molecule has 0 aliphatic carbocycles. The van der Waals surface area contributed by atoms with E-state index in [1.54, 1.807) is 24.3 Å². The van der Waals surface area contributed by atoms with Crippen LogP contribution in [0.25, 0.3) is 0 Å². The molecular weight excluding hydrogens is 334 g/mol. The summed E-state index contributed by atoms with van der Waals surface area (Å²) < 4.78 is 33.0. The first kappa shape index (κ1) is 17.6. The molecule has 1 N–H and O–H groups in total. The van der Waals surface area contributed by atoms with Crippen LogP contribution in [0.15, 0.2) is 47.4 Å². The molecule has 0 amide bonds. The number of hydrogen-bond acceptors (Lipinski definition) is 3. The number of methoxy groups -OCH3 is 1. The van der Waals surface area contributed by atoms with E-state index in [1.165, 1.54) is 19.2 Å². The molecule has 2 rings (SSSR count). The molecule has 0 unspecified atom stereocenters. The molecule has 0 aliphatic rings. The van der Waals surface area contributed by atoms with Crippen LogP contribution in [0, 0.1) is 0 Å². The third-order valence-electron chi connectivity index (χ3n) is 3.42. The van der Waals surface area contributed by atoms with Crippen LogP contribution >= 0.6 is 11.6 Å². The Morgan fingerprint density at radius 2 is 1.78 bits per heavy atom. The molecule has 0 spiro atoms. The molecule has 0 aliphatic heterocycles. The first-order chi connectivity index (χ1) is 10.6. The second-order valence-corrected chi connectivity index (χ2v) is 8.35. The molecule has 2 aromatic rings. The van der Waals surface area contributed by atoms with Gasteiger partial charge in [0.15, 0.2) is 0 Å². The van der Waals surface area contributed by atoms with Gasteiger partial charge < -0.3 is 4.74 Å². The second-order valence-electron chi connectivity index (χ2n) is 6.23. The smallest absolute Gasteiger partial charge is 0.262 e. The van der Waals surface area contributed by atoms with E-state index < -0.39 is 10.0 Å². The topological polar surface area (TPSA) is 55.4 Å². The van der Waals surface area contributed by atoms with Crippen molar-refractivity contribution in [1.29, 1.82) is 0 Å². The van der Waals surface area contributed by atoms with Gasteiger partial charge in [0.05, 0.1) is 17.7 Å². The average molecular weight is 354 g/mol. The molecule has 0 heterocycles. The highest BCUT2D eigenvalue weighted by Crippen LogP contribution is 2.33. The van der Waals surface area contributed by atoms with Gasteiger partial charge in [-0.15, -0.1) is 0 Å². The largest absolute Gasteiger partial charge is 0.495 e. The zero-order chi connectivity index (χ0) is 17.3. The zero-order valence-electron chi connectivity index (χ0n) is 13.6. The Morgan fingerprint density at radius 1 is 1.09 bits per heavy atom. The van der Waals surface area contributed by atoms with Crippen LogP contribution in [0.4, 0.5) is 5.69 Å². The van der Waals surface area contributed by atoms with Gasteiger partial charge in [0.2, 0.25) is 0 Å². The molecule has 0 radical (unpaired) electrons. The van der Waals surface area contributed by atoms with Gasteiger partial charge >= 0.3 is 0 Å². The van der Waals surface area contributed by atoms with Crippen LogP contribution < -0.4 is 9.46 Å². The third-order valence-corrected chi connectivity index (χ3v) is 5.01. The molecule has 23 heavy (non-hydrogen) atoms. The Hall–Kier alpha value is -1.72. The number of nitrogens with one attached hydrogen (secondary N) is 1. The summed E-state index contributed by atoms with van der Waals surface area (Å²) >= 11 is 5.88. The Balaban J connectivity index is 2.46. The third kappa shape index (κ3) is 4.18. The number of halogens is 1. The summed E-state index contributed by atoms with van der Waals surface area (Å²) in [4.78, 5) is 0.105. The highest BCUT2D eigenvalue weighted by molar-refractivity contribution is 7.92. The summed E-state index contributed by atoms with van der Waals surface area (Å²) in [7, 11) is -2.24. The standard InChI is InChI=1S/C17H20ClNO3S/c1-17(2,3)12-8-9-16(22-4)15(10-12)19-23(20,21)14-7-5-6-13(18)11-14/h5-11,19H,1-4H3. The number of ether oxygens (including phenoxy) is 1. The van der Waals surface area contributed by atoms with E-state index in [9.17, 15) is 8.42 Å². The van der Waals surface area contributed by atoms with Crippen LogP contribution in [-0.4, -0.2) is 15.5 Å². The fourth-order valence-electron chi connectivity index (χ4n) is 2.09. The van der Waals surface area contributed by atoms with Gasteiger partial charge in [-0.1, -0.05) is 44.5 Å². The van der Waals surface area contributed by atoms with Crippen molar-refractivity contribution < 1.29 is 13.2 Å². The number of anilines is 1. The lowest BCUT2D eigenvalue weighted by Crippen LogP contribution is -2.16. The Morgan fingerprint density at radius 3 is 2.35 bits per heavy atom. The fraction of sp³-hybridized carbons (Fsp3) is 0.294. The minimum absolute atomic E-state index is 0.105. The lowest BCUT2D eigenvalue weighted by Gasteiger charge is -2.21. The lowest BCUT2D eigenvalue weighted by molar-refractivity contribution is 0.416. The van der Waals surface area contributed by atoms with Crippen LogP contribution in [0.2, 0.25) is 5.02 Å². The fourth-order valence-corrected chi connectivity index (χ4v) is 3.45. The van der Waals surface area contributed by atoms with Gasteiger partial charge in [0.1, 0.15) is 5.75 Å². The maximum atomic E-state index is 12.6. The molecule has 4 nitrogen and oxygen atoms in total. The van der Waals surface area contributed by atoms with Crippen molar-refractivity contribution in [2.24, 2.45) is 0 Å². The van der Waals surface area contributed by atoms with Gasteiger partial charge in [-0.3, -0.25) is 4.72 Å². The SMILES string of the molecule is COc1ccc(C(C)(C)C)cc1NS(=O)(=O)c1cccc(Cl)c1. The Bertz CT molecular complexity index is 811. The van der Waals surface area contributed by atoms with E-state index in [1.807, 2.05) is 6.07 Å². The highest BCUT2D eigenvalue weighted by atomic mass is 35.5. The molecule has 2 aromatic carbocycles. The quantitative estimate of drug-likeness (QED) is 0.883. The number of benzene rings is 2. The van der Waals surface area contributed by atoms with Crippen molar-refractivity contribution in [3.63, 3.8) is 0 Å².